The first-order valence-corrected chi connectivity index (χ1v) is 10.7. The van der Waals surface area contributed by atoms with Gasteiger partial charge in [-0.15, -0.1) is 11.3 Å². The second kappa shape index (κ2) is 5.96. The summed E-state index contributed by atoms with van der Waals surface area (Å²) in [5.74, 6) is 0.503. The zero-order valence-electron chi connectivity index (χ0n) is 15.1. The fourth-order valence-corrected chi connectivity index (χ4v) is 7.26. The SMILES string of the molecule is Cc1cc(-c2c(C)sc(C)c2S(=O)(=O)N2c3ccccc3C[C@@H]2C)on1. The molecule has 0 bridgehead atoms. The van der Waals surface area contributed by atoms with Gasteiger partial charge in [0.2, 0.25) is 0 Å². The zero-order chi connectivity index (χ0) is 18.6. The van der Waals surface area contributed by atoms with Crippen LogP contribution in [0.2, 0.25) is 0 Å². The molecule has 0 aliphatic carbocycles. The Labute approximate surface area is 157 Å². The molecule has 3 heterocycles. The molecule has 2 aromatic heterocycles. The van der Waals surface area contributed by atoms with Crippen molar-refractivity contribution in [3.05, 3.63) is 51.3 Å². The van der Waals surface area contributed by atoms with Crippen LogP contribution in [-0.4, -0.2) is 19.6 Å². The Bertz CT molecular complexity index is 1100. The summed E-state index contributed by atoms with van der Waals surface area (Å²) in [5, 5.41) is 3.94. The minimum absolute atomic E-state index is 0.124. The van der Waals surface area contributed by atoms with E-state index in [1.807, 2.05) is 52.0 Å². The lowest BCUT2D eigenvalue weighted by Gasteiger charge is -2.25. The molecule has 26 heavy (non-hydrogen) atoms. The van der Waals surface area contributed by atoms with Crippen LogP contribution in [0.15, 0.2) is 39.8 Å². The highest BCUT2D eigenvalue weighted by Crippen LogP contribution is 2.44. The Kier molecular flexibility index (Phi) is 3.96. The third kappa shape index (κ3) is 2.49. The average molecular weight is 389 g/mol. The van der Waals surface area contributed by atoms with Gasteiger partial charge in [0.1, 0.15) is 4.90 Å². The number of thiophene rings is 1. The molecule has 136 valence electrons. The number of sulfonamides is 1. The van der Waals surface area contributed by atoms with E-state index in [4.69, 9.17) is 4.52 Å². The van der Waals surface area contributed by atoms with E-state index in [1.54, 1.807) is 10.4 Å². The van der Waals surface area contributed by atoms with Crippen molar-refractivity contribution in [1.29, 1.82) is 0 Å². The molecule has 0 fully saturated rings. The van der Waals surface area contributed by atoms with Gasteiger partial charge in [0.15, 0.2) is 5.76 Å². The van der Waals surface area contributed by atoms with Crippen LogP contribution in [0.5, 0.6) is 0 Å². The molecule has 7 heteroatoms. The monoisotopic (exact) mass is 388 g/mol. The molecule has 0 saturated heterocycles. The van der Waals surface area contributed by atoms with E-state index in [0.29, 0.717) is 22.6 Å². The van der Waals surface area contributed by atoms with E-state index >= 15 is 0 Å². The average Bonchev–Trinajstić information content (AvgIpc) is 3.21. The number of aromatic nitrogens is 1. The molecule has 0 spiro atoms. The van der Waals surface area contributed by atoms with Gasteiger partial charge in [-0.3, -0.25) is 4.31 Å². The van der Waals surface area contributed by atoms with Gasteiger partial charge in [-0.1, -0.05) is 23.4 Å². The van der Waals surface area contributed by atoms with Gasteiger partial charge >= 0.3 is 0 Å². The number of anilines is 1. The summed E-state index contributed by atoms with van der Waals surface area (Å²) < 4.78 is 34.4. The second-order valence-corrected chi connectivity index (χ2v) is 9.91. The lowest BCUT2D eigenvalue weighted by atomic mass is 10.1. The highest BCUT2D eigenvalue weighted by Gasteiger charge is 2.39. The van der Waals surface area contributed by atoms with Crippen molar-refractivity contribution in [2.24, 2.45) is 0 Å². The maximum Gasteiger partial charge on any atom is 0.266 e. The molecule has 1 aromatic carbocycles. The van der Waals surface area contributed by atoms with Gasteiger partial charge in [0.25, 0.3) is 10.0 Å². The van der Waals surface area contributed by atoms with E-state index in [1.165, 1.54) is 11.3 Å². The van der Waals surface area contributed by atoms with Crippen LogP contribution in [0.4, 0.5) is 5.69 Å². The maximum absolute atomic E-state index is 13.7. The van der Waals surface area contributed by atoms with Gasteiger partial charge < -0.3 is 4.52 Å². The molecule has 0 amide bonds. The number of aryl methyl sites for hydroxylation is 3. The quantitative estimate of drug-likeness (QED) is 0.664. The van der Waals surface area contributed by atoms with Crippen molar-refractivity contribution >= 4 is 27.0 Å². The van der Waals surface area contributed by atoms with Gasteiger partial charge in [-0.25, -0.2) is 8.42 Å². The standard InChI is InChI=1S/C19H20N2O3S2/c1-11-9-17(24-20-11)18-13(3)25-14(4)19(18)26(22,23)21-12(2)10-15-7-5-6-8-16(15)21/h5-9,12H,10H2,1-4H3/t12-/m0/s1. The summed E-state index contributed by atoms with van der Waals surface area (Å²) in [6, 6.07) is 9.36. The van der Waals surface area contributed by atoms with Crippen LogP contribution in [0.25, 0.3) is 11.3 Å². The van der Waals surface area contributed by atoms with Crippen LogP contribution < -0.4 is 4.31 Å². The first-order valence-electron chi connectivity index (χ1n) is 8.46. The Morgan fingerprint density at radius 1 is 1.19 bits per heavy atom. The molecule has 3 aromatic rings. The molecule has 1 aliphatic heterocycles. The normalized spacial score (nSPS) is 16.9. The molecule has 0 N–H and O–H groups in total. The van der Waals surface area contributed by atoms with Crippen molar-refractivity contribution in [3.8, 4) is 11.3 Å². The number of para-hydroxylation sites is 1. The van der Waals surface area contributed by atoms with Crippen LogP contribution in [0.3, 0.4) is 0 Å². The van der Waals surface area contributed by atoms with E-state index in [9.17, 15) is 8.42 Å². The van der Waals surface area contributed by atoms with Crippen LogP contribution in [0.1, 0.15) is 27.9 Å². The minimum Gasteiger partial charge on any atom is -0.356 e. The molecule has 1 aliphatic rings. The molecule has 0 saturated carbocycles. The number of fused-ring (bicyclic) bond motifs is 1. The van der Waals surface area contributed by atoms with Gasteiger partial charge in [-0.2, -0.15) is 0 Å². The molecule has 0 unspecified atom stereocenters. The third-order valence-corrected chi connectivity index (χ3v) is 7.99. The molecular formula is C19H20N2O3S2. The third-order valence-electron chi connectivity index (χ3n) is 4.74. The lowest BCUT2D eigenvalue weighted by Crippen LogP contribution is -2.36. The summed E-state index contributed by atoms with van der Waals surface area (Å²) >= 11 is 1.47. The summed E-state index contributed by atoms with van der Waals surface area (Å²) in [6.07, 6.45) is 0.717. The molecule has 0 radical (unpaired) electrons. The van der Waals surface area contributed by atoms with Crippen LogP contribution in [0, 0.1) is 20.8 Å². The van der Waals surface area contributed by atoms with E-state index in [2.05, 4.69) is 5.16 Å². The van der Waals surface area contributed by atoms with Crippen LogP contribution in [-0.2, 0) is 16.4 Å². The Morgan fingerprint density at radius 3 is 2.62 bits per heavy atom. The minimum atomic E-state index is -3.72. The first-order chi connectivity index (χ1) is 12.3. The Balaban J connectivity index is 1.93. The molecule has 5 nitrogen and oxygen atoms in total. The number of benzene rings is 1. The van der Waals surface area contributed by atoms with E-state index < -0.39 is 10.0 Å². The van der Waals surface area contributed by atoms with Gasteiger partial charge in [0, 0.05) is 21.9 Å². The largest absolute Gasteiger partial charge is 0.356 e. The van der Waals surface area contributed by atoms with Crippen LogP contribution >= 0.6 is 11.3 Å². The highest BCUT2D eigenvalue weighted by atomic mass is 32.2. The number of hydrogen-bond donors (Lipinski definition) is 0. The van der Waals surface area contributed by atoms with Gasteiger partial charge in [0.05, 0.1) is 16.9 Å². The number of rotatable bonds is 3. The number of nitrogens with zero attached hydrogens (tertiary/aromatic N) is 2. The lowest BCUT2D eigenvalue weighted by molar-refractivity contribution is 0.426. The summed E-state index contributed by atoms with van der Waals surface area (Å²) in [6.45, 7) is 7.55. The van der Waals surface area contributed by atoms with E-state index in [0.717, 1.165) is 26.7 Å². The predicted molar refractivity (Wildman–Crippen MR) is 103 cm³/mol. The van der Waals surface area contributed by atoms with E-state index in [-0.39, 0.29) is 6.04 Å². The Morgan fingerprint density at radius 2 is 1.92 bits per heavy atom. The highest BCUT2D eigenvalue weighted by molar-refractivity contribution is 7.93. The van der Waals surface area contributed by atoms with Gasteiger partial charge in [-0.05, 0) is 45.7 Å². The zero-order valence-corrected chi connectivity index (χ0v) is 16.7. The topological polar surface area (TPSA) is 63.4 Å². The molecule has 4 rings (SSSR count). The van der Waals surface area contributed by atoms with Crippen molar-refractivity contribution in [2.45, 2.75) is 45.1 Å². The summed E-state index contributed by atoms with van der Waals surface area (Å²) in [5.41, 5.74) is 3.18. The number of hydrogen-bond acceptors (Lipinski definition) is 5. The van der Waals surface area contributed by atoms with Crippen molar-refractivity contribution < 1.29 is 12.9 Å². The Hall–Kier alpha value is -2.12. The first kappa shape index (κ1) is 17.3. The van der Waals surface area contributed by atoms with Crippen molar-refractivity contribution in [3.63, 3.8) is 0 Å². The smallest absolute Gasteiger partial charge is 0.266 e. The van der Waals surface area contributed by atoms with Crippen molar-refractivity contribution in [2.75, 3.05) is 4.31 Å². The van der Waals surface area contributed by atoms with Crippen molar-refractivity contribution in [1.82, 2.24) is 5.16 Å². The fourth-order valence-electron chi connectivity index (χ4n) is 3.74. The fraction of sp³-hybridized carbons (Fsp3) is 0.316. The predicted octanol–water partition coefficient (Wildman–Crippen LogP) is 4.47. The summed E-state index contributed by atoms with van der Waals surface area (Å²) in [7, 11) is -3.72. The summed E-state index contributed by atoms with van der Waals surface area (Å²) in [4.78, 5) is 2.01. The molecule has 1 atom stereocenters. The maximum atomic E-state index is 13.7. The molecular weight excluding hydrogens is 368 g/mol. The second-order valence-electron chi connectivity index (χ2n) is 6.73.